The smallest absolute Gasteiger partial charge is 0.328 e. The lowest BCUT2D eigenvalue weighted by Gasteiger charge is -2.18. The van der Waals surface area contributed by atoms with Crippen LogP contribution in [-0.2, 0) is 4.79 Å². The van der Waals surface area contributed by atoms with Crippen LogP contribution in [0.4, 0.5) is 0 Å². The molecule has 1 unspecified atom stereocenters. The van der Waals surface area contributed by atoms with Crippen molar-refractivity contribution < 1.29 is 14.7 Å². The van der Waals surface area contributed by atoms with Gasteiger partial charge in [0.2, 0.25) is 0 Å². The molecule has 5 heteroatoms. The molecule has 1 aromatic rings. The zero-order valence-electron chi connectivity index (χ0n) is 12.3. The number of aromatic nitrogens is 1. The molecule has 2 N–H and O–H groups in total. The van der Waals surface area contributed by atoms with Crippen LogP contribution in [0, 0.1) is 5.41 Å². The monoisotopic (exact) mass is 288 g/mol. The second kappa shape index (κ2) is 6.08. The molecule has 0 radical (unpaired) electrons. The lowest BCUT2D eigenvalue weighted by atomic mass is 9.92. The summed E-state index contributed by atoms with van der Waals surface area (Å²) in [6.07, 6.45) is 8.46. The summed E-state index contributed by atoms with van der Waals surface area (Å²) < 4.78 is 0. The van der Waals surface area contributed by atoms with Gasteiger partial charge in [-0.25, -0.2) is 4.79 Å². The van der Waals surface area contributed by atoms with E-state index in [-0.39, 0.29) is 17.4 Å². The summed E-state index contributed by atoms with van der Waals surface area (Å²) in [6, 6.07) is 1.79. The quantitative estimate of drug-likeness (QED) is 0.834. The summed E-state index contributed by atoms with van der Waals surface area (Å²) in [5.74, 6) is -1.23. The van der Waals surface area contributed by atoms with Gasteiger partial charge in [0.05, 0.1) is 0 Å². The van der Waals surface area contributed by atoms with Crippen LogP contribution in [0.2, 0.25) is 0 Å². The number of carbonyl (C=O) groups excluding carboxylic acids is 1. The number of hydrogen-bond acceptors (Lipinski definition) is 3. The number of aliphatic carboxylic acids is 1. The zero-order valence-corrected chi connectivity index (χ0v) is 12.3. The van der Waals surface area contributed by atoms with E-state index < -0.39 is 5.97 Å². The molecule has 1 fully saturated rings. The number of nitrogens with one attached hydrogen (secondary N) is 1. The van der Waals surface area contributed by atoms with Crippen molar-refractivity contribution in [3.05, 3.63) is 35.7 Å². The molecule has 0 aromatic carbocycles. The predicted octanol–water partition coefficient (Wildman–Crippen LogP) is 2.49. The van der Waals surface area contributed by atoms with Crippen molar-refractivity contribution >= 4 is 18.0 Å². The van der Waals surface area contributed by atoms with Crippen LogP contribution in [0.3, 0.4) is 0 Å². The summed E-state index contributed by atoms with van der Waals surface area (Å²) in [5.41, 5.74) is 1.23. The van der Waals surface area contributed by atoms with Gasteiger partial charge in [0.25, 0.3) is 5.91 Å². The molecule has 0 aliphatic heterocycles. The lowest BCUT2D eigenvalue weighted by molar-refractivity contribution is -0.131. The third kappa shape index (κ3) is 4.15. The highest BCUT2D eigenvalue weighted by atomic mass is 16.4. The summed E-state index contributed by atoms with van der Waals surface area (Å²) in [6.45, 7) is 4.40. The van der Waals surface area contributed by atoms with Gasteiger partial charge in [-0.15, -0.1) is 0 Å². The summed E-state index contributed by atoms with van der Waals surface area (Å²) in [5, 5.41) is 11.7. The average molecular weight is 288 g/mol. The number of amides is 1. The van der Waals surface area contributed by atoms with Gasteiger partial charge in [-0.2, -0.15) is 0 Å². The van der Waals surface area contributed by atoms with Crippen molar-refractivity contribution in [2.75, 3.05) is 0 Å². The molecule has 1 aliphatic rings. The molecule has 1 saturated carbocycles. The number of nitrogens with zero attached hydrogens (tertiary/aromatic N) is 1. The molecule has 1 heterocycles. The van der Waals surface area contributed by atoms with E-state index >= 15 is 0 Å². The SMILES string of the molecule is CC1(C)CCC(NC(=O)c2ccncc2/C=C/C(=O)O)C1. The maximum Gasteiger partial charge on any atom is 0.328 e. The van der Waals surface area contributed by atoms with E-state index in [1.807, 2.05) is 0 Å². The highest BCUT2D eigenvalue weighted by Gasteiger charge is 2.31. The fraction of sp³-hybridized carbons (Fsp3) is 0.438. The maximum atomic E-state index is 12.4. The first-order valence-corrected chi connectivity index (χ1v) is 7.03. The van der Waals surface area contributed by atoms with Gasteiger partial charge in [-0.1, -0.05) is 13.8 Å². The first-order chi connectivity index (χ1) is 9.87. The maximum absolute atomic E-state index is 12.4. The Morgan fingerprint density at radius 1 is 1.48 bits per heavy atom. The fourth-order valence-electron chi connectivity index (χ4n) is 2.73. The average Bonchev–Trinajstić information content (AvgIpc) is 2.75. The summed E-state index contributed by atoms with van der Waals surface area (Å²) in [4.78, 5) is 26.9. The largest absolute Gasteiger partial charge is 0.478 e. The van der Waals surface area contributed by atoms with Crippen molar-refractivity contribution in [3.63, 3.8) is 0 Å². The summed E-state index contributed by atoms with van der Waals surface area (Å²) >= 11 is 0. The molecule has 1 aliphatic carbocycles. The Labute approximate surface area is 124 Å². The Bertz CT molecular complexity index is 579. The van der Waals surface area contributed by atoms with Gasteiger partial charge in [-0.05, 0) is 36.8 Å². The minimum absolute atomic E-state index is 0.176. The van der Waals surface area contributed by atoms with E-state index in [0.29, 0.717) is 11.1 Å². The molecule has 21 heavy (non-hydrogen) atoms. The predicted molar refractivity (Wildman–Crippen MR) is 79.8 cm³/mol. The molecule has 1 aromatic heterocycles. The number of rotatable bonds is 4. The molecular weight excluding hydrogens is 268 g/mol. The van der Waals surface area contributed by atoms with Gasteiger partial charge in [0, 0.05) is 35.6 Å². The third-order valence-electron chi connectivity index (χ3n) is 3.81. The van der Waals surface area contributed by atoms with Crippen LogP contribution < -0.4 is 5.32 Å². The zero-order chi connectivity index (χ0) is 15.5. The number of carboxylic acid groups (broad SMARTS) is 1. The second-order valence-electron chi connectivity index (χ2n) is 6.21. The molecule has 5 nitrogen and oxygen atoms in total. The van der Waals surface area contributed by atoms with Crippen molar-refractivity contribution in [3.8, 4) is 0 Å². The Balaban J connectivity index is 2.11. The van der Waals surface area contributed by atoms with Gasteiger partial charge in [0.1, 0.15) is 0 Å². The second-order valence-corrected chi connectivity index (χ2v) is 6.21. The van der Waals surface area contributed by atoms with E-state index in [4.69, 9.17) is 5.11 Å². The Kier molecular flexibility index (Phi) is 4.40. The molecule has 0 saturated heterocycles. The van der Waals surface area contributed by atoms with E-state index in [0.717, 1.165) is 25.3 Å². The van der Waals surface area contributed by atoms with Crippen LogP contribution >= 0.6 is 0 Å². The first-order valence-electron chi connectivity index (χ1n) is 7.03. The van der Waals surface area contributed by atoms with Crippen molar-refractivity contribution in [1.29, 1.82) is 0 Å². The van der Waals surface area contributed by atoms with E-state index in [1.165, 1.54) is 18.5 Å². The van der Waals surface area contributed by atoms with E-state index in [9.17, 15) is 9.59 Å². The highest BCUT2D eigenvalue weighted by Crippen LogP contribution is 2.37. The van der Waals surface area contributed by atoms with Crippen LogP contribution in [0.15, 0.2) is 24.5 Å². The van der Waals surface area contributed by atoms with E-state index in [1.54, 1.807) is 6.07 Å². The Morgan fingerprint density at radius 3 is 2.86 bits per heavy atom. The van der Waals surface area contributed by atoms with Crippen LogP contribution in [0.1, 0.15) is 49.0 Å². The van der Waals surface area contributed by atoms with Gasteiger partial charge < -0.3 is 10.4 Å². The molecule has 1 atom stereocenters. The minimum atomic E-state index is -1.05. The topological polar surface area (TPSA) is 79.3 Å². The van der Waals surface area contributed by atoms with Crippen molar-refractivity contribution in [2.24, 2.45) is 5.41 Å². The van der Waals surface area contributed by atoms with Crippen molar-refractivity contribution in [1.82, 2.24) is 10.3 Å². The minimum Gasteiger partial charge on any atom is -0.478 e. The lowest BCUT2D eigenvalue weighted by Crippen LogP contribution is -2.33. The number of carbonyl (C=O) groups is 2. The number of hydrogen-bond donors (Lipinski definition) is 2. The number of pyridine rings is 1. The van der Waals surface area contributed by atoms with Crippen molar-refractivity contribution in [2.45, 2.75) is 39.2 Å². The molecule has 112 valence electrons. The van der Waals surface area contributed by atoms with Crippen LogP contribution in [0.25, 0.3) is 6.08 Å². The van der Waals surface area contributed by atoms with Gasteiger partial charge in [-0.3, -0.25) is 9.78 Å². The van der Waals surface area contributed by atoms with Crippen LogP contribution in [-0.4, -0.2) is 28.0 Å². The Hall–Kier alpha value is -2.17. The standard InChI is InChI=1S/C16H20N2O3/c1-16(2)7-5-12(9-16)18-15(21)13-6-8-17-10-11(13)3-4-14(19)20/h3-4,6,8,10,12H,5,7,9H2,1-2H3,(H,18,21)(H,19,20)/b4-3+. The summed E-state index contributed by atoms with van der Waals surface area (Å²) in [7, 11) is 0. The molecule has 1 amide bonds. The van der Waals surface area contributed by atoms with Crippen LogP contribution in [0.5, 0.6) is 0 Å². The first kappa shape index (κ1) is 15.2. The van der Waals surface area contributed by atoms with E-state index in [2.05, 4.69) is 24.1 Å². The van der Waals surface area contributed by atoms with Gasteiger partial charge >= 0.3 is 5.97 Å². The molecular formula is C16H20N2O3. The normalized spacial score (nSPS) is 20.6. The fourth-order valence-corrected chi connectivity index (χ4v) is 2.73. The van der Waals surface area contributed by atoms with Gasteiger partial charge in [0.15, 0.2) is 0 Å². The number of carboxylic acids is 1. The Morgan fingerprint density at radius 2 is 2.24 bits per heavy atom. The molecule has 0 bridgehead atoms. The molecule has 2 rings (SSSR count). The highest BCUT2D eigenvalue weighted by molar-refractivity contribution is 5.98. The third-order valence-corrected chi connectivity index (χ3v) is 3.81. The molecule has 0 spiro atoms.